The molecule has 0 aliphatic carbocycles. The maximum Gasteiger partial charge on any atom is 0.216 e. The van der Waals surface area contributed by atoms with Crippen LogP contribution in [0.3, 0.4) is 0 Å². The number of rotatable bonds is 2. The Kier molecular flexibility index (Phi) is 2.56. The summed E-state index contributed by atoms with van der Waals surface area (Å²) in [6, 6.07) is 7.76. The number of aromatic nitrogens is 1. The summed E-state index contributed by atoms with van der Waals surface area (Å²) in [5.74, 6) is 0.637. The standard InChI is InChI=1S/C12H13NO2/c1-8-5-10-4-3-9(7-14)6-11(10)13-12(8)15-2/h3-6,14H,7H2,1-2H3. The van der Waals surface area contributed by atoms with Gasteiger partial charge >= 0.3 is 0 Å². The number of aliphatic hydroxyl groups excluding tert-OH is 1. The van der Waals surface area contributed by atoms with Gasteiger partial charge in [-0.1, -0.05) is 12.1 Å². The summed E-state index contributed by atoms with van der Waals surface area (Å²) in [6.07, 6.45) is 0. The smallest absolute Gasteiger partial charge is 0.216 e. The van der Waals surface area contributed by atoms with Gasteiger partial charge in [-0.3, -0.25) is 0 Å². The van der Waals surface area contributed by atoms with Crippen LogP contribution in [0.1, 0.15) is 11.1 Å². The van der Waals surface area contributed by atoms with Gasteiger partial charge in [-0.15, -0.1) is 0 Å². The number of pyridine rings is 1. The number of aryl methyl sites for hydroxylation is 1. The second kappa shape index (κ2) is 3.87. The lowest BCUT2D eigenvalue weighted by Crippen LogP contribution is -1.93. The third-order valence-corrected chi connectivity index (χ3v) is 2.40. The molecule has 0 saturated heterocycles. The molecule has 0 saturated carbocycles. The van der Waals surface area contributed by atoms with Crippen LogP contribution in [0.15, 0.2) is 24.3 Å². The summed E-state index contributed by atoms with van der Waals surface area (Å²) in [4.78, 5) is 4.37. The number of methoxy groups -OCH3 is 1. The lowest BCUT2D eigenvalue weighted by atomic mass is 10.1. The molecule has 0 aliphatic heterocycles. The van der Waals surface area contributed by atoms with Crippen molar-refractivity contribution in [3.05, 3.63) is 35.4 Å². The Bertz CT molecular complexity index is 494. The largest absolute Gasteiger partial charge is 0.481 e. The SMILES string of the molecule is COc1nc2cc(CO)ccc2cc1C. The fourth-order valence-corrected chi connectivity index (χ4v) is 1.61. The predicted octanol–water partition coefficient (Wildman–Crippen LogP) is 2.04. The van der Waals surface area contributed by atoms with Gasteiger partial charge in [0.1, 0.15) is 0 Å². The molecule has 0 fully saturated rings. The van der Waals surface area contributed by atoms with E-state index in [4.69, 9.17) is 9.84 Å². The van der Waals surface area contributed by atoms with Gasteiger partial charge in [0.15, 0.2) is 0 Å². The van der Waals surface area contributed by atoms with E-state index in [2.05, 4.69) is 4.98 Å². The Hall–Kier alpha value is -1.61. The molecule has 78 valence electrons. The van der Waals surface area contributed by atoms with Crippen LogP contribution in [-0.4, -0.2) is 17.2 Å². The highest BCUT2D eigenvalue weighted by Gasteiger charge is 2.03. The first-order valence-corrected chi connectivity index (χ1v) is 4.79. The summed E-state index contributed by atoms with van der Waals surface area (Å²) in [5.41, 5.74) is 2.73. The molecule has 1 aromatic carbocycles. The fourth-order valence-electron chi connectivity index (χ4n) is 1.61. The second-order valence-corrected chi connectivity index (χ2v) is 3.50. The molecule has 0 atom stereocenters. The third-order valence-electron chi connectivity index (χ3n) is 2.40. The Labute approximate surface area is 88.3 Å². The van der Waals surface area contributed by atoms with Gasteiger partial charge in [0, 0.05) is 10.9 Å². The molecule has 0 spiro atoms. The number of aliphatic hydroxyl groups is 1. The summed E-state index contributed by atoms with van der Waals surface area (Å²) < 4.78 is 5.15. The highest BCUT2D eigenvalue weighted by atomic mass is 16.5. The molecule has 3 nitrogen and oxygen atoms in total. The van der Waals surface area contributed by atoms with E-state index in [-0.39, 0.29) is 6.61 Å². The molecule has 0 unspecified atom stereocenters. The predicted molar refractivity (Wildman–Crippen MR) is 59.0 cm³/mol. The zero-order valence-electron chi connectivity index (χ0n) is 8.82. The third kappa shape index (κ3) is 1.78. The molecule has 15 heavy (non-hydrogen) atoms. The minimum absolute atomic E-state index is 0.0355. The maximum absolute atomic E-state index is 9.02. The van der Waals surface area contributed by atoms with Crippen LogP contribution >= 0.6 is 0 Å². The van der Waals surface area contributed by atoms with Crippen molar-refractivity contribution in [2.24, 2.45) is 0 Å². The quantitative estimate of drug-likeness (QED) is 0.812. The van der Waals surface area contributed by atoms with Gasteiger partial charge in [-0.2, -0.15) is 0 Å². The number of benzene rings is 1. The summed E-state index contributed by atoms with van der Waals surface area (Å²) in [6.45, 7) is 2.00. The van der Waals surface area contributed by atoms with Gasteiger partial charge in [0.25, 0.3) is 0 Å². The molecule has 2 rings (SSSR count). The molecule has 0 aliphatic rings. The average Bonchev–Trinajstić information content (AvgIpc) is 2.27. The van der Waals surface area contributed by atoms with Crippen molar-refractivity contribution >= 4 is 10.9 Å². The summed E-state index contributed by atoms with van der Waals surface area (Å²) in [7, 11) is 1.61. The van der Waals surface area contributed by atoms with Crippen molar-refractivity contribution in [3.8, 4) is 5.88 Å². The molecule has 2 aromatic rings. The van der Waals surface area contributed by atoms with Crippen LogP contribution < -0.4 is 4.74 Å². The number of nitrogens with zero attached hydrogens (tertiary/aromatic N) is 1. The van der Waals surface area contributed by atoms with Crippen molar-refractivity contribution < 1.29 is 9.84 Å². The van der Waals surface area contributed by atoms with Crippen molar-refractivity contribution in [1.29, 1.82) is 0 Å². The van der Waals surface area contributed by atoms with Gasteiger partial charge in [0.05, 0.1) is 19.2 Å². The monoisotopic (exact) mass is 203 g/mol. The number of ether oxygens (including phenoxy) is 1. The first kappa shape index (κ1) is 9.93. The van der Waals surface area contributed by atoms with Gasteiger partial charge < -0.3 is 9.84 Å². The zero-order valence-corrected chi connectivity index (χ0v) is 8.82. The molecular weight excluding hydrogens is 190 g/mol. The summed E-state index contributed by atoms with van der Waals surface area (Å²) >= 11 is 0. The molecular formula is C12H13NO2. The van der Waals surface area contributed by atoms with Crippen LogP contribution in [0, 0.1) is 6.92 Å². The topological polar surface area (TPSA) is 42.4 Å². The fraction of sp³-hybridized carbons (Fsp3) is 0.250. The highest BCUT2D eigenvalue weighted by molar-refractivity contribution is 5.80. The molecule has 0 radical (unpaired) electrons. The Morgan fingerprint density at radius 2 is 2.13 bits per heavy atom. The van der Waals surface area contributed by atoms with Crippen LogP contribution in [-0.2, 0) is 6.61 Å². The molecule has 0 bridgehead atoms. The zero-order chi connectivity index (χ0) is 10.8. The van der Waals surface area contributed by atoms with Crippen molar-refractivity contribution in [2.45, 2.75) is 13.5 Å². The van der Waals surface area contributed by atoms with Crippen molar-refractivity contribution in [3.63, 3.8) is 0 Å². The first-order valence-electron chi connectivity index (χ1n) is 4.79. The second-order valence-electron chi connectivity index (χ2n) is 3.50. The highest BCUT2D eigenvalue weighted by Crippen LogP contribution is 2.22. The van der Waals surface area contributed by atoms with Crippen LogP contribution in [0.5, 0.6) is 5.88 Å². The van der Waals surface area contributed by atoms with Gasteiger partial charge in [-0.05, 0) is 24.6 Å². The molecule has 1 N–H and O–H groups in total. The van der Waals surface area contributed by atoms with Gasteiger partial charge in [-0.25, -0.2) is 4.98 Å². The minimum atomic E-state index is 0.0355. The lowest BCUT2D eigenvalue weighted by molar-refractivity contribution is 0.282. The van der Waals surface area contributed by atoms with Crippen molar-refractivity contribution in [2.75, 3.05) is 7.11 Å². The minimum Gasteiger partial charge on any atom is -0.481 e. The van der Waals surface area contributed by atoms with E-state index >= 15 is 0 Å². The van der Waals surface area contributed by atoms with Crippen molar-refractivity contribution in [1.82, 2.24) is 4.98 Å². The van der Waals surface area contributed by atoms with E-state index in [0.29, 0.717) is 5.88 Å². The van der Waals surface area contributed by atoms with E-state index in [1.54, 1.807) is 7.11 Å². The van der Waals surface area contributed by atoms with E-state index in [9.17, 15) is 0 Å². The summed E-state index contributed by atoms with van der Waals surface area (Å²) in [5, 5.41) is 10.1. The number of fused-ring (bicyclic) bond motifs is 1. The van der Waals surface area contributed by atoms with E-state index in [1.165, 1.54) is 0 Å². The Balaban J connectivity index is 2.66. The first-order chi connectivity index (χ1) is 7.24. The maximum atomic E-state index is 9.02. The Morgan fingerprint density at radius 1 is 1.33 bits per heavy atom. The average molecular weight is 203 g/mol. The normalized spacial score (nSPS) is 10.6. The van der Waals surface area contributed by atoms with E-state index in [1.807, 2.05) is 31.2 Å². The van der Waals surface area contributed by atoms with E-state index < -0.39 is 0 Å². The Morgan fingerprint density at radius 3 is 2.80 bits per heavy atom. The number of hydrogen-bond donors (Lipinski definition) is 1. The molecule has 3 heteroatoms. The molecule has 1 heterocycles. The number of hydrogen-bond acceptors (Lipinski definition) is 3. The van der Waals surface area contributed by atoms with Crippen LogP contribution in [0.4, 0.5) is 0 Å². The van der Waals surface area contributed by atoms with Crippen LogP contribution in [0.2, 0.25) is 0 Å². The molecule has 0 amide bonds. The molecule has 1 aromatic heterocycles. The van der Waals surface area contributed by atoms with Gasteiger partial charge in [0.2, 0.25) is 5.88 Å². The van der Waals surface area contributed by atoms with Crippen LogP contribution in [0.25, 0.3) is 10.9 Å². The van der Waals surface area contributed by atoms with E-state index in [0.717, 1.165) is 22.0 Å². The lowest BCUT2D eigenvalue weighted by Gasteiger charge is -2.06.